The maximum Gasteiger partial charge on any atom is 0.279 e. The van der Waals surface area contributed by atoms with Crippen LogP contribution in [-0.4, -0.2) is 99.3 Å². The summed E-state index contributed by atoms with van der Waals surface area (Å²) in [6, 6.07) is 12.7. The molecule has 1 atom stereocenters. The van der Waals surface area contributed by atoms with Gasteiger partial charge in [0, 0.05) is 61.5 Å². The third-order valence-electron chi connectivity index (χ3n) is 8.15. The molecule has 6 rings (SSSR count). The Hall–Kier alpha value is -3.79. The van der Waals surface area contributed by atoms with Crippen LogP contribution in [0, 0.1) is 10.1 Å². The zero-order chi connectivity index (χ0) is 31.7. The van der Waals surface area contributed by atoms with Crippen molar-refractivity contribution in [2.45, 2.75) is 10.8 Å². The van der Waals surface area contributed by atoms with E-state index in [-0.39, 0.29) is 46.8 Å². The largest absolute Gasteiger partial charge is 0.492 e. The minimum absolute atomic E-state index is 0.113. The highest BCUT2D eigenvalue weighted by Gasteiger charge is 2.37. The van der Waals surface area contributed by atoms with Gasteiger partial charge in [0.25, 0.3) is 11.6 Å². The molecule has 1 aromatic heterocycles. The molecule has 0 unspecified atom stereocenters. The number of non-ortho nitro benzene ring substituents is 1. The van der Waals surface area contributed by atoms with Crippen molar-refractivity contribution in [2.24, 2.45) is 0 Å². The average Bonchev–Trinajstić information content (AvgIpc) is 3.65. The Kier molecular flexibility index (Phi) is 8.95. The van der Waals surface area contributed by atoms with Gasteiger partial charge in [-0.25, -0.2) is 13.1 Å². The van der Waals surface area contributed by atoms with Crippen molar-refractivity contribution in [3.63, 3.8) is 0 Å². The molecule has 1 fully saturated rings. The van der Waals surface area contributed by atoms with Gasteiger partial charge in [-0.05, 0) is 47.3 Å². The number of aromatic amines is 1. The molecular weight excluding hydrogens is 626 g/mol. The van der Waals surface area contributed by atoms with Gasteiger partial charge in [-0.3, -0.25) is 19.8 Å². The molecule has 13 nitrogen and oxygen atoms in total. The molecule has 3 heterocycles. The predicted octanol–water partition coefficient (Wildman–Crippen LogP) is 3.19. The van der Waals surface area contributed by atoms with Crippen LogP contribution < -0.4 is 14.4 Å². The molecule has 238 valence electrons. The number of halogens is 1. The number of benzene rings is 3. The van der Waals surface area contributed by atoms with Gasteiger partial charge in [0.1, 0.15) is 18.1 Å². The Balaban J connectivity index is 1.30. The van der Waals surface area contributed by atoms with Crippen LogP contribution in [0.25, 0.3) is 21.7 Å². The Bertz CT molecular complexity index is 1880. The van der Waals surface area contributed by atoms with Gasteiger partial charge in [-0.2, -0.15) is 0 Å². The monoisotopic (exact) mass is 657 g/mol. The first-order valence-corrected chi connectivity index (χ1v) is 16.5. The number of nitro groups is 1. The summed E-state index contributed by atoms with van der Waals surface area (Å²) in [5.41, 5.74) is 1.69. The third kappa shape index (κ3) is 6.21. The molecular formula is C30H32ClN5O8S. The first kappa shape index (κ1) is 31.2. The van der Waals surface area contributed by atoms with E-state index in [4.69, 9.17) is 26.2 Å². The van der Waals surface area contributed by atoms with Crippen LogP contribution in [0.2, 0.25) is 0 Å². The maximum atomic E-state index is 13.9. The number of carbonyl (C=O) groups excluding carboxylic acids is 1. The molecule has 4 aromatic rings. The van der Waals surface area contributed by atoms with Crippen LogP contribution in [-0.2, 0) is 14.8 Å². The number of H-pyrrole nitrogens is 1. The highest BCUT2D eigenvalue weighted by molar-refractivity contribution is 7.89. The van der Waals surface area contributed by atoms with Crippen LogP contribution in [0.1, 0.15) is 22.0 Å². The number of fused-ring (bicyclic) bond motifs is 4. The van der Waals surface area contributed by atoms with Gasteiger partial charge in [-0.15, -0.1) is 11.6 Å². The van der Waals surface area contributed by atoms with Gasteiger partial charge in [0.2, 0.25) is 10.0 Å². The number of amides is 1. The summed E-state index contributed by atoms with van der Waals surface area (Å²) in [5, 5.41) is 22.6. The van der Waals surface area contributed by atoms with Gasteiger partial charge < -0.3 is 24.5 Å². The summed E-state index contributed by atoms with van der Waals surface area (Å²) < 4.78 is 39.0. The molecule has 0 saturated carbocycles. The summed E-state index contributed by atoms with van der Waals surface area (Å²) in [5.74, 6) is 0.0905. The first-order valence-electron chi connectivity index (χ1n) is 14.5. The van der Waals surface area contributed by atoms with Gasteiger partial charge in [0.05, 0.1) is 40.7 Å². The highest BCUT2D eigenvalue weighted by atomic mass is 35.5. The number of hydrogen-bond acceptors (Lipinski definition) is 9. The molecule has 0 spiro atoms. The SMILES string of the molecule is O=C(c1cc2cc(OCCN3CCOCC3)ccc2[nH]1)N1C[C@@H](CCl)c2c1cc([N+](=O)[O-])c1cc(S(=O)(=O)NCCO)ccc21. The van der Waals surface area contributed by atoms with Gasteiger partial charge >= 0.3 is 0 Å². The first-order chi connectivity index (χ1) is 21.7. The zero-order valence-electron chi connectivity index (χ0n) is 24.2. The molecule has 45 heavy (non-hydrogen) atoms. The molecule has 2 aliphatic heterocycles. The van der Waals surface area contributed by atoms with Crippen LogP contribution in [0.4, 0.5) is 11.4 Å². The van der Waals surface area contributed by atoms with Crippen molar-refractivity contribution >= 4 is 60.6 Å². The second-order valence-electron chi connectivity index (χ2n) is 10.9. The summed E-state index contributed by atoms with van der Waals surface area (Å²) in [4.78, 5) is 32.3. The standard InChI is InChI=1S/C30H32ClN5O8S/c31-17-20-18-35(28-16-27(36(39)40)24-15-22(2-3-23(24)29(20)28)45(41,42)32-5-9-37)30(38)26-14-19-13-21(1-4-25(19)33-26)44-12-8-34-6-10-43-11-7-34/h1-4,13-16,20,32-33,37H,5-12,17-18H2/t20-/m1/s1. The number of hydrogen-bond donors (Lipinski definition) is 3. The number of ether oxygens (including phenoxy) is 2. The number of rotatable bonds is 11. The normalized spacial score (nSPS) is 17.2. The molecule has 0 bridgehead atoms. The number of nitrogens with zero attached hydrogens (tertiary/aromatic N) is 3. The smallest absolute Gasteiger partial charge is 0.279 e. The molecule has 2 aliphatic rings. The van der Waals surface area contributed by atoms with Crippen molar-refractivity contribution < 1.29 is 32.7 Å². The van der Waals surface area contributed by atoms with Crippen LogP contribution >= 0.6 is 11.6 Å². The van der Waals surface area contributed by atoms with Crippen molar-refractivity contribution in [3.8, 4) is 5.75 Å². The Labute approximate surface area is 263 Å². The van der Waals surface area contributed by atoms with E-state index in [1.807, 2.05) is 18.2 Å². The van der Waals surface area contributed by atoms with Gasteiger partial charge in [-0.1, -0.05) is 6.07 Å². The summed E-state index contributed by atoms with van der Waals surface area (Å²) in [6.45, 7) is 4.09. The second kappa shape index (κ2) is 12.9. The molecule has 0 aliphatic carbocycles. The van der Waals surface area contributed by atoms with E-state index in [9.17, 15) is 23.3 Å². The van der Waals surface area contributed by atoms with E-state index in [1.54, 1.807) is 6.07 Å². The number of morpholine rings is 1. The Morgan fingerprint density at radius 1 is 1.16 bits per heavy atom. The van der Waals surface area contributed by atoms with E-state index in [0.717, 1.165) is 43.8 Å². The minimum atomic E-state index is -4.02. The number of anilines is 1. The molecule has 15 heteroatoms. The van der Waals surface area contributed by atoms with Crippen molar-refractivity contribution in [1.29, 1.82) is 0 Å². The lowest BCUT2D eigenvalue weighted by atomic mass is 9.95. The minimum Gasteiger partial charge on any atom is -0.492 e. The van der Waals surface area contributed by atoms with E-state index in [1.165, 1.54) is 29.2 Å². The van der Waals surface area contributed by atoms with E-state index in [2.05, 4.69) is 14.6 Å². The number of carbonyl (C=O) groups is 1. The molecule has 3 N–H and O–H groups in total. The fourth-order valence-electron chi connectivity index (χ4n) is 5.93. The predicted molar refractivity (Wildman–Crippen MR) is 169 cm³/mol. The Morgan fingerprint density at radius 2 is 1.96 bits per heavy atom. The average molecular weight is 658 g/mol. The third-order valence-corrected chi connectivity index (χ3v) is 9.98. The highest BCUT2D eigenvalue weighted by Crippen LogP contribution is 2.46. The van der Waals surface area contributed by atoms with Crippen molar-refractivity contribution in [1.82, 2.24) is 14.6 Å². The van der Waals surface area contributed by atoms with E-state index in [0.29, 0.717) is 34.7 Å². The lowest BCUT2D eigenvalue weighted by Gasteiger charge is -2.26. The quantitative estimate of drug-likeness (QED) is 0.125. The summed E-state index contributed by atoms with van der Waals surface area (Å²) in [7, 11) is -4.02. The fraction of sp³-hybridized carbons (Fsp3) is 0.367. The molecule has 1 amide bonds. The lowest BCUT2D eigenvalue weighted by Crippen LogP contribution is -2.38. The van der Waals surface area contributed by atoms with Crippen LogP contribution in [0.3, 0.4) is 0 Å². The van der Waals surface area contributed by atoms with Crippen molar-refractivity contribution in [3.05, 3.63) is 69.9 Å². The number of aliphatic hydroxyl groups excluding tert-OH is 1. The molecule has 3 aromatic carbocycles. The summed E-state index contributed by atoms with van der Waals surface area (Å²) in [6.07, 6.45) is 0. The number of aliphatic hydroxyl groups is 1. The second-order valence-corrected chi connectivity index (χ2v) is 13.0. The van der Waals surface area contributed by atoms with E-state index >= 15 is 0 Å². The maximum absolute atomic E-state index is 13.9. The summed E-state index contributed by atoms with van der Waals surface area (Å²) >= 11 is 6.36. The fourth-order valence-corrected chi connectivity index (χ4v) is 7.23. The molecule has 1 saturated heterocycles. The number of alkyl halides is 1. The van der Waals surface area contributed by atoms with Crippen LogP contribution in [0.5, 0.6) is 5.75 Å². The lowest BCUT2D eigenvalue weighted by molar-refractivity contribution is -0.383. The number of aromatic nitrogens is 1. The van der Waals surface area contributed by atoms with Gasteiger partial charge in [0.15, 0.2) is 0 Å². The number of nitro benzene ring substituents is 1. The zero-order valence-corrected chi connectivity index (χ0v) is 25.8. The van der Waals surface area contributed by atoms with Crippen LogP contribution in [0.15, 0.2) is 53.4 Å². The van der Waals surface area contributed by atoms with Crippen molar-refractivity contribution in [2.75, 3.05) is 69.9 Å². The Morgan fingerprint density at radius 3 is 2.69 bits per heavy atom. The topological polar surface area (TPSA) is 167 Å². The number of sulfonamides is 1. The van der Waals surface area contributed by atoms with E-state index < -0.39 is 21.6 Å². The molecule has 0 radical (unpaired) electrons. The number of nitrogens with one attached hydrogen (secondary N) is 2.